The van der Waals surface area contributed by atoms with Gasteiger partial charge in [0.1, 0.15) is 0 Å². The van der Waals surface area contributed by atoms with E-state index in [1.54, 1.807) is 0 Å². The first-order valence-electron chi connectivity index (χ1n) is 4.87. The maximum Gasteiger partial charge on any atom is 0.0579 e. The van der Waals surface area contributed by atoms with E-state index in [-0.39, 0.29) is 5.25 Å². The van der Waals surface area contributed by atoms with Crippen LogP contribution in [0.25, 0.3) is 16.8 Å². The lowest BCUT2D eigenvalue weighted by atomic mass is 9.93. The second-order valence-corrected chi connectivity index (χ2v) is 4.80. The summed E-state index contributed by atoms with van der Waals surface area (Å²) < 4.78 is 0. The van der Waals surface area contributed by atoms with Crippen LogP contribution in [0, 0.1) is 0 Å². The fourth-order valence-electron chi connectivity index (χ4n) is 2.15. The second kappa shape index (κ2) is 3.32. The Morgan fingerprint density at radius 3 is 2.53 bits per heavy atom. The first-order chi connectivity index (χ1) is 7.27. The van der Waals surface area contributed by atoms with E-state index < -0.39 is 0 Å². The van der Waals surface area contributed by atoms with Crippen LogP contribution in [0.2, 0.25) is 0 Å². The monoisotopic (exact) mass is 230 g/mol. The molecule has 3 rings (SSSR count). The van der Waals surface area contributed by atoms with E-state index in [1.807, 2.05) is 0 Å². The summed E-state index contributed by atoms with van der Waals surface area (Å²) in [5.41, 5.74) is 2.51. The van der Waals surface area contributed by atoms with Crippen molar-refractivity contribution >= 4 is 42.1 Å². The van der Waals surface area contributed by atoms with E-state index in [0.29, 0.717) is 0 Å². The van der Waals surface area contributed by atoms with Gasteiger partial charge in [-0.2, -0.15) is 12.6 Å². The summed E-state index contributed by atoms with van der Waals surface area (Å²) in [7, 11) is 0. The van der Waals surface area contributed by atoms with E-state index in [1.165, 1.54) is 21.9 Å². The molecule has 15 heavy (non-hydrogen) atoms. The molecule has 2 aromatic carbocycles. The van der Waals surface area contributed by atoms with Gasteiger partial charge in [-0.1, -0.05) is 36.4 Å². The lowest BCUT2D eigenvalue weighted by Crippen LogP contribution is -1.98. The predicted octanol–water partition coefficient (Wildman–Crippen LogP) is 4.10. The molecule has 1 atom stereocenters. The van der Waals surface area contributed by atoms with Gasteiger partial charge in [0.25, 0.3) is 0 Å². The number of hydrogen-bond donors (Lipinski definition) is 2. The first-order valence-corrected chi connectivity index (χ1v) is 5.84. The minimum Gasteiger partial charge on any atom is -0.166 e. The minimum atomic E-state index is 0.118. The van der Waals surface area contributed by atoms with Crippen molar-refractivity contribution in [2.24, 2.45) is 0 Å². The van der Waals surface area contributed by atoms with Gasteiger partial charge in [-0.05, 0) is 32.9 Å². The van der Waals surface area contributed by atoms with Crippen LogP contribution in [0.5, 0.6) is 0 Å². The van der Waals surface area contributed by atoms with Gasteiger partial charge < -0.3 is 0 Å². The zero-order valence-corrected chi connectivity index (χ0v) is 9.80. The Hall–Kier alpha value is -0.860. The van der Waals surface area contributed by atoms with Crippen molar-refractivity contribution in [1.29, 1.82) is 0 Å². The molecule has 2 heteroatoms. The molecule has 0 saturated carbocycles. The third-order valence-electron chi connectivity index (χ3n) is 2.85. The van der Waals surface area contributed by atoms with Gasteiger partial charge in [0.2, 0.25) is 0 Å². The van der Waals surface area contributed by atoms with Crippen molar-refractivity contribution in [1.82, 2.24) is 0 Å². The molecule has 1 unspecified atom stereocenters. The van der Waals surface area contributed by atoms with E-state index in [0.717, 1.165) is 4.91 Å². The summed E-state index contributed by atoms with van der Waals surface area (Å²) in [6.45, 7) is 0. The average Bonchev–Trinajstić information content (AvgIpc) is 2.26. The second-order valence-electron chi connectivity index (χ2n) is 3.76. The summed E-state index contributed by atoms with van der Waals surface area (Å²) in [4.78, 5) is 1.02. The number of thiol groups is 2. The van der Waals surface area contributed by atoms with Crippen LogP contribution in [0.3, 0.4) is 0 Å². The molecule has 0 aromatic heterocycles. The van der Waals surface area contributed by atoms with Crippen molar-refractivity contribution < 1.29 is 0 Å². The molecule has 0 nitrogen and oxygen atoms in total. The Bertz CT molecular complexity index is 565. The molecular weight excluding hydrogens is 220 g/mol. The fraction of sp³-hybridized carbons (Fsp3) is 0.0769. The fourth-order valence-corrected chi connectivity index (χ4v) is 2.71. The van der Waals surface area contributed by atoms with E-state index in [2.05, 4.69) is 67.7 Å². The molecule has 0 radical (unpaired) electrons. The Balaban J connectivity index is 2.49. The topological polar surface area (TPSA) is 0 Å². The minimum absolute atomic E-state index is 0.118. The standard InChI is InChI=1S/C13H10S2/c14-11-7-9-5-1-3-8-4-2-6-10(12(8)9)13(11)15/h1-7,13-15H. The van der Waals surface area contributed by atoms with Crippen molar-refractivity contribution in [2.75, 3.05) is 0 Å². The van der Waals surface area contributed by atoms with Gasteiger partial charge in [0, 0.05) is 0 Å². The average molecular weight is 230 g/mol. The Kier molecular flexibility index (Phi) is 2.08. The summed E-state index contributed by atoms with van der Waals surface area (Å²) in [5, 5.41) is 2.71. The molecule has 1 aliphatic rings. The van der Waals surface area contributed by atoms with Crippen molar-refractivity contribution in [2.45, 2.75) is 5.25 Å². The lowest BCUT2D eigenvalue weighted by Gasteiger charge is -2.20. The summed E-state index contributed by atoms with van der Waals surface area (Å²) in [6.07, 6.45) is 2.11. The van der Waals surface area contributed by atoms with Crippen LogP contribution in [0.1, 0.15) is 16.4 Å². The molecule has 0 bridgehead atoms. The van der Waals surface area contributed by atoms with Crippen molar-refractivity contribution in [3.63, 3.8) is 0 Å². The summed E-state index contributed by atoms with van der Waals surface area (Å²) in [6, 6.07) is 12.7. The number of rotatable bonds is 0. The third-order valence-corrected chi connectivity index (χ3v) is 3.99. The van der Waals surface area contributed by atoms with Gasteiger partial charge >= 0.3 is 0 Å². The highest BCUT2D eigenvalue weighted by Crippen LogP contribution is 2.41. The van der Waals surface area contributed by atoms with Crippen LogP contribution in [0.4, 0.5) is 0 Å². The van der Waals surface area contributed by atoms with Gasteiger partial charge in [0.15, 0.2) is 0 Å². The largest absolute Gasteiger partial charge is 0.166 e. The third kappa shape index (κ3) is 1.32. The van der Waals surface area contributed by atoms with Gasteiger partial charge in [0.05, 0.1) is 5.25 Å². The summed E-state index contributed by atoms with van der Waals surface area (Å²) in [5.74, 6) is 0. The first kappa shape index (κ1) is 9.37. The molecule has 0 aliphatic heterocycles. The van der Waals surface area contributed by atoms with Crippen LogP contribution < -0.4 is 0 Å². The molecule has 0 saturated heterocycles. The maximum absolute atomic E-state index is 4.59. The highest BCUT2D eigenvalue weighted by Gasteiger charge is 2.18. The Labute approximate surface area is 99.8 Å². The SMILES string of the molecule is SC1=Cc2cccc3cccc(c23)C1S. The van der Waals surface area contributed by atoms with Crippen LogP contribution in [0.15, 0.2) is 41.3 Å². The maximum atomic E-state index is 4.59. The zero-order chi connectivity index (χ0) is 10.4. The number of benzene rings is 2. The lowest BCUT2D eigenvalue weighted by molar-refractivity contribution is 1.24. The molecular formula is C13H10S2. The molecule has 0 heterocycles. The molecule has 0 spiro atoms. The molecule has 0 fully saturated rings. The Morgan fingerprint density at radius 2 is 1.73 bits per heavy atom. The highest BCUT2D eigenvalue weighted by molar-refractivity contribution is 7.88. The molecule has 1 aliphatic carbocycles. The zero-order valence-electron chi connectivity index (χ0n) is 8.01. The van der Waals surface area contributed by atoms with Gasteiger partial charge in [-0.25, -0.2) is 0 Å². The molecule has 0 N–H and O–H groups in total. The normalized spacial score (nSPS) is 19.1. The van der Waals surface area contributed by atoms with Gasteiger partial charge in [-0.3, -0.25) is 0 Å². The van der Waals surface area contributed by atoms with Crippen LogP contribution >= 0.6 is 25.3 Å². The van der Waals surface area contributed by atoms with Crippen LogP contribution in [-0.2, 0) is 0 Å². The molecule has 0 amide bonds. The number of hydrogen-bond acceptors (Lipinski definition) is 2. The smallest absolute Gasteiger partial charge is 0.0579 e. The highest BCUT2D eigenvalue weighted by atomic mass is 32.1. The van der Waals surface area contributed by atoms with E-state index in [4.69, 9.17) is 0 Å². The van der Waals surface area contributed by atoms with Crippen molar-refractivity contribution in [3.05, 3.63) is 52.4 Å². The van der Waals surface area contributed by atoms with Gasteiger partial charge in [-0.15, -0.1) is 12.6 Å². The Morgan fingerprint density at radius 1 is 1.00 bits per heavy atom. The van der Waals surface area contributed by atoms with E-state index in [9.17, 15) is 0 Å². The molecule has 74 valence electrons. The summed E-state index contributed by atoms with van der Waals surface area (Å²) >= 11 is 9.06. The van der Waals surface area contributed by atoms with E-state index >= 15 is 0 Å². The molecule has 2 aromatic rings. The predicted molar refractivity (Wildman–Crippen MR) is 72.6 cm³/mol. The quantitative estimate of drug-likeness (QED) is 0.626. The van der Waals surface area contributed by atoms with Crippen molar-refractivity contribution in [3.8, 4) is 0 Å². The van der Waals surface area contributed by atoms with Crippen LogP contribution in [-0.4, -0.2) is 0 Å².